The minimum Gasteiger partial charge on any atom is -0.372 e. The molecule has 1 saturated heterocycles. The molecule has 1 aliphatic carbocycles. The first-order chi connectivity index (χ1) is 14.2. The number of anilines is 2. The van der Waals surface area contributed by atoms with Crippen LogP contribution in [-0.4, -0.2) is 19.0 Å². The van der Waals surface area contributed by atoms with Crippen molar-refractivity contribution in [1.29, 1.82) is 5.26 Å². The molecule has 2 aliphatic rings. The molecule has 1 amide bonds. The summed E-state index contributed by atoms with van der Waals surface area (Å²) in [6, 6.07) is 15.7. The molecule has 0 bridgehead atoms. The van der Waals surface area contributed by atoms with Crippen molar-refractivity contribution < 1.29 is 4.79 Å². The number of piperidine rings is 1. The quantitative estimate of drug-likeness (QED) is 0.728. The maximum Gasteiger partial charge on any atom is 0.255 e. The second-order valence-corrected chi connectivity index (χ2v) is 7.90. The molecule has 2 aromatic carbocycles. The number of nitriles is 1. The van der Waals surface area contributed by atoms with E-state index >= 15 is 0 Å². The van der Waals surface area contributed by atoms with Gasteiger partial charge in [0.2, 0.25) is 0 Å². The van der Waals surface area contributed by atoms with Crippen LogP contribution in [-0.2, 0) is 0 Å². The van der Waals surface area contributed by atoms with E-state index in [0.717, 1.165) is 37.2 Å². The Morgan fingerprint density at radius 2 is 1.86 bits per heavy atom. The molecule has 4 rings (SSSR count). The maximum atomic E-state index is 13.0. The van der Waals surface area contributed by atoms with Crippen LogP contribution in [0.15, 0.2) is 48.5 Å². The lowest BCUT2D eigenvalue weighted by Crippen LogP contribution is -2.29. The first kappa shape index (κ1) is 19.3. The minimum atomic E-state index is -0.171. The van der Waals surface area contributed by atoms with Crippen molar-refractivity contribution in [2.24, 2.45) is 0 Å². The van der Waals surface area contributed by atoms with Crippen molar-refractivity contribution in [2.75, 3.05) is 23.3 Å². The highest BCUT2D eigenvalue weighted by Crippen LogP contribution is 2.30. The van der Waals surface area contributed by atoms with E-state index in [1.165, 1.54) is 37.7 Å². The molecule has 1 fully saturated rings. The van der Waals surface area contributed by atoms with Gasteiger partial charge in [-0.3, -0.25) is 4.79 Å². The van der Waals surface area contributed by atoms with Crippen molar-refractivity contribution in [3.63, 3.8) is 0 Å². The summed E-state index contributed by atoms with van der Waals surface area (Å²) in [7, 11) is 0. The van der Waals surface area contributed by atoms with Crippen molar-refractivity contribution in [1.82, 2.24) is 0 Å². The van der Waals surface area contributed by atoms with Crippen LogP contribution < -0.4 is 10.2 Å². The summed E-state index contributed by atoms with van der Waals surface area (Å²) < 4.78 is 0. The monoisotopic (exact) mass is 385 g/mol. The van der Waals surface area contributed by atoms with E-state index < -0.39 is 0 Å². The summed E-state index contributed by atoms with van der Waals surface area (Å²) >= 11 is 0. The highest BCUT2D eigenvalue weighted by atomic mass is 16.1. The Labute approximate surface area is 172 Å². The van der Waals surface area contributed by atoms with Crippen LogP contribution in [0.4, 0.5) is 11.4 Å². The van der Waals surface area contributed by atoms with Crippen LogP contribution in [0, 0.1) is 11.3 Å². The molecule has 0 aromatic heterocycles. The van der Waals surface area contributed by atoms with Gasteiger partial charge in [0.15, 0.2) is 0 Å². The normalized spacial score (nSPS) is 16.7. The predicted molar refractivity (Wildman–Crippen MR) is 118 cm³/mol. The number of nitrogens with zero attached hydrogens (tertiary/aromatic N) is 2. The lowest BCUT2D eigenvalue weighted by Gasteiger charge is -2.29. The van der Waals surface area contributed by atoms with Crippen LogP contribution >= 0.6 is 0 Å². The van der Waals surface area contributed by atoms with Crippen molar-refractivity contribution in [2.45, 2.75) is 44.9 Å². The number of rotatable bonds is 4. The Kier molecular flexibility index (Phi) is 5.95. The highest BCUT2D eigenvalue weighted by molar-refractivity contribution is 6.05. The molecule has 0 saturated carbocycles. The molecule has 0 spiro atoms. The van der Waals surface area contributed by atoms with Gasteiger partial charge < -0.3 is 10.2 Å². The SMILES string of the molecule is N#Cc1ccc(C2=CCCCC2)cc1NC(=O)c1cccc(N2CCCCC2)c1. The van der Waals surface area contributed by atoms with Gasteiger partial charge in [-0.15, -0.1) is 0 Å². The Hall–Kier alpha value is -3.06. The molecule has 1 heterocycles. The second kappa shape index (κ2) is 8.96. The van der Waals surface area contributed by atoms with Crippen molar-refractivity contribution >= 4 is 22.9 Å². The zero-order valence-corrected chi connectivity index (χ0v) is 16.8. The van der Waals surface area contributed by atoms with Crippen LogP contribution in [0.3, 0.4) is 0 Å². The van der Waals surface area contributed by atoms with E-state index in [9.17, 15) is 10.1 Å². The second-order valence-electron chi connectivity index (χ2n) is 7.90. The third-order valence-electron chi connectivity index (χ3n) is 5.88. The van der Waals surface area contributed by atoms with Gasteiger partial charge in [-0.05, 0) is 86.4 Å². The fraction of sp³-hybridized carbons (Fsp3) is 0.360. The molecule has 4 heteroatoms. The first-order valence-corrected chi connectivity index (χ1v) is 10.6. The molecule has 148 valence electrons. The van der Waals surface area contributed by atoms with Crippen molar-refractivity contribution in [3.05, 3.63) is 65.2 Å². The summed E-state index contributed by atoms with van der Waals surface area (Å²) in [4.78, 5) is 15.3. The zero-order valence-electron chi connectivity index (χ0n) is 16.8. The van der Waals surface area contributed by atoms with Gasteiger partial charge >= 0.3 is 0 Å². The molecular weight excluding hydrogens is 358 g/mol. The van der Waals surface area contributed by atoms with Gasteiger partial charge in [0, 0.05) is 24.3 Å². The molecule has 2 aromatic rings. The van der Waals surface area contributed by atoms with Gasteiger partial charge in [0.05, 0.1) is 11.3 Å². The lowest BCUT2D eigenvalue weighted by atomic mass is 9.93. The van der Waals surface area contributed by atoms with E-state index in [-0.39, 0.29) is 5.91 Å². The molecule has 1 aliphatic heterocycles. The van der Waals surface area contributed by atoms with Gasteiger partial charge in [0.25, 0.3) is 5.91 Å². The van der Waals surface area contributed by atoms with E-state index in [0.29, 0.717) is 16.8 Å². The van der Waals surface area contributed by atoms with Gasteiger partial charge in [-0.2, -0.15) is 5.26 Å². The number of nitrogens with one attached hydrogen (secondary N) is 1. The molecule has 4 nitrogen and oxygen atoms in total. The minimum absolute atomic E-state index is 0.171. The molecule has 0 unspecified atom stereocenters. The number of amides is 1. The highest BCUT2D eigenvalue weighted by Gasteiger charge is 2.15. The fourth-order valence-electron chi connectivity index (χ4n) is 4.24. The first-order valence-electron chi connectivity index (χ1n) is 10.6. The van der Waals surface area contributed by atoms with E-state index in [1.807, 2.05) is 36.4 Å². The summed E-state index contributed by atoms with van der Waals surface area (Å²) in [5, 5.41) is 12.5. The summed E-state index contributed by atoms with van der Waals surface area (Å²) in [5.74, 6) is -0.171. The third kappa shape index (κ3) is 4.51. The Morgan fingerprint density at radius 3 is 2.62 bits per heavy atom. The van der Waals surface area contributed by atoms with Gasteiger partial charge in [-0.25, -0.2) is 0 Å². The Balaban J connectivity index is 1.56. The maximum absolute atomic E-state index is 13.0. The summed E-state index contributed by atoms with van der Waals surface area (Å²) in [5.41, 5.74) is 5.21. The summed E-state index contributed by atoms with van der Waals surface area (Å²) in [6.45, 7) is 2.08. The number of allylic oxidation sites excluding steroid dienone is 2. The van der Waals surface area contributed by atoms with Crippen molar-refractivity contribution in [3.8, 4) is 6.07 Å². The van der Waals surface area contributed by atoms with E-state index in [1.54, 1.807) is 0 Å². The summed E-state index contributed by atoms with van der Waals surface area (Å²) in [6.07, 6.45) is 10.5. The van der Waals surface area contributed by atoms with E-state index in [2.05, 4.69) is 28.4 Å². The molecule has 1 N–H and O–H groups in total. The molecular formula is C25H27N3O. The number of benzene rings is 2. The standard InChI is InChI=1S/C25H27N3O/c26-18-22-13-12-20(19-8-3-1-4-9-19)17-24(22)27-25(29)21-10-7-11-23(16-21)28-14-5-2-6-15-28/h7-8,10-13,16-17H,1-6,9,14-15H2,(H,27,29). The van der Waals surface area contributed by atoms with Crippen LogP contribution in [0.5, 0.6) is 0 Å². The fourth-order valence-corrected chi connectivity index (χ4v) is 4.24. The largest absolute Gasteiger partial charge is 0.372 e. The average molecular weight is 386 g/mol. The van der Waals surface area contributed by atoms with Crippen LogP contribution in [0.1, 0.15) is 66.4 Å². The van der Waals surface area contributed by atoms with Crippen LogP contribution in [0.2, 0.25) is 0 Å². The predicted octanol–water partition coefficient (Wildman–Crippen LogP) is 5.76. The molecule has 29 heavy (non-hydrogen) atoms. The third-order valence-corrected chi connectivity index (χ3v) is 5.88. The van der Waals surface area contributed by atoms with Crippen LogP contribution in [0.25, 0.3) is 5.57 Å². The number of hydrogen-bond acceptors (Lipinski definition) is 3. The van der Waals surface area contributed by atoms with Gasteiger partial charge in [0.1, 0.15) is 6.07 Å². The topological polar surface area (TPSA) is 56.1 Å². The Bertz CT molecular complexity index is 964. The number of carbonyl (C=O) groups excluding carboxylic acids is 1. The average Bonchev–Trinajstić information content (AvgIpc) is 2.80. The smallest absolute Gasteiger partial charge is 0.255 e. The number of hydrogen-bond donors (Lipinski definition) is 1. The zero-order chi connectivity index (χ0) is 20.1. The van der Waals surface area contributed by atoms with Gasteiger partial charge in [-0.1, -0.05) is 18.2 Å². The Morgan fingerprint density at radius 1 is 1.00 bits per heavy atom. The lowest BCUT2D eigenvalue weighted by molar-refractivity contribution is 0.102. The number of carbonyl (C=O) groups is 1. The molecule has 0 atom stereocenters. The molecule has 0 radical (unpaired) electrons. The van der Waals surface area contributed by atoms with E-state index in [4.69, 9.17) is 0 Å².